The summed E-state index contributed by atoms with van der Waals surface area (Å²) in [6.07, 6.45) is -0.766. The van der Waals surface area contributed by atoms with Gasteiger partial charge in [0.15, 0.2) is 0 Å². The highest BCUT2D eigenvalue weighted by Gasteiger charge is 2.14. The van der Waals surface area contributed by atoms with Crippen LogP contribution in [-0.4, -0.2) is 29.8 Å². The molecule has 7 heteroatoms. The number of carboxylic acids is 1. The summed E-state index contributed by atoms with van der Waals surface area (Å²) in [5.41, 5.74) is 7.36. The average Bonchev–Trinajstić information content (AvgIpc) is 2.32. The number of benzene rings is 1. The Bertz CT molecular complexity index is 481. The Balaban J connectivity index is 2.60. The predicted molar refractivity (Wildman–Crippen MR) is 71.5 cm³/mol. The molecule has 0 heterocycles. The van der Waals surface area contributed by atoms with Crippen molar-refractivity contribution in [2.45, 2.75) is 19.9 Å². The normalized spacial score (nSPS) is 11.8. The smallest absolute Gasteiger partial charge is 0.411 e. The quantitative estimate of drug-likeness (QED) is 0.785. The molecule has 4 N–H and O–H groups in total. The lowest BCUT2D eigenvalue weighted by Crippen LogP contribution is -2.36. The lowest BCUT2D eigenvalue weighted by Gasteiger charge is -2.11. The molecule has 1 atom stereocenters. The number of hydrogen-bond acceptors (Lipinski definition) is 4. The molecule has 1 rings (SSSR count). The number of carbonyl (C=O) groups is 2. The lowest BCUT2D eigenvalue weighted by molar-refractivity contribution is -0.139. The van der Waals surface area contributed by atoms with E-state index in [-0.39, 0.29) is 0 Å². The summed E-state index contributed by atoms with van der Waals surface area (Å²) in [6.45, 7) is 3.23. The van der Waals surface area contributed by atoms with E-state index in [9.17, 15) is 9.59 Å². The molecule has 0 aliphatic heterocycles. The first-order valence-corrected chi connectivity index (χ1v) is 5.88. The van der Waals surface area contributed by atoms with Gasteiger partial charge in [-0.15, -0.1) is 0 Å². The van der Waals surface area contributed by atoms with Crippen LogP contribution >= 0.6 is 11.6 Å². The molecule has 19 heavy (non-hydrogen) atoms. The number of halogens is 1. The number of nitrogens with two attached hydrogens (primary N) is 1. The van der Waals surface area contributed by atoms with Gasteiger partial charge in [-0.2, -0.15) is 0 Å². The third kappa shape index (κ3) is 4.42. The summed E-state index contributed by atoms with van der Waals surface area (Å²) >= 11 is 6.00. The SMILES string of the molecule is Cc1cc(NC(=O)OCC(N)C(=O)O)cc(C)c1Cl. The Morgan fingerprint density at radius 2 is 1.95 bits per heavy atom. The van der Waals surface area contributed by atoms with Gasteiger partial charge in [-0.1, -0.05) is 11.6 Å². The van der Waals surface area contributed by atoms with E-state index in [0.717, 1.165) is 11.1 Å². The number of carboxylic acid groups (broad SMARTS) is 1. The number of aryl methyl sites for hydroxylation is 2. The van der Waals surface area contributed by atoms with Gasteiger partial charge in [0.2, 0.25) is 0 Å². The van der Waals surface area contributed by atoms with Crippen LogP contribution in [0.2, 0.25) is 5.02 Å². The third-order valence-electron chi connectivity index (χ3n) is 2.39. The van der Waals surface area contributed by atoms with Crippen LogP contribution in [0.5, 0.6) is 0 Å². The number of nitrogens with one attached hydrogen (secondary N) is 1. The van der Waals surface area contributed by atoms with E-state index in [4.69, 9.17) is 27.2 Å². The van der Waals surface area contributed by atoms with E-state index in [1.807, 2.05) is 13.8 Å². The van der Waals surface area contributed by atoms with Gasteiger partial charge in [0.05, 0.1) is 0 Å². The van der Waals surface area contributed by atoms with Gasteiger partial charge in [0, 0.05) is 10.7 Å². The number of hydrogen-bond donors (Lipinski definition) is 3. The molecule has 6 nitrogen and oxygen atoms in total. The van der Waals surface area contributed by atoms with Gasteiger partial charge in [-0.05, 0) is 37.1 Å². The Morgan fingerprint density at radius 1 is 1.42 bits per heavy atom. The molecule has 0 radical (unpaired) electrons. The highest BCUT2D eigenvalue weighted by atomic mass is 35.5. The van der Waals surface area contributed by atoms with Crippen molar-refractivity contribution >= 4 is 29.4 Å². The molecule has 0 spiro atoms. The highest BCUT2D eigenvalue weighted by Crippen LogP contribution is 2.24. The van der Waals surface area contributed by atoms with Gasteiger partial charge in [0.1, 0.15) is 12.6 Å². The predicted octanol–water partition coefficient (Wildman–Crippen LogP) is 1.92. The number of anilines is 1. The van der Waals surface area contributed by atoms with Crippen LogP contribution in [0.4, 0.5) is 10.5 Å². The van der Waals surface area contributed by atoms with Crippen LogP contribution in [-0.2, 0) is 9.53 Å². The highest BCUT2D eigenvalue weighted by molar-refractivity contribution is 6.32. The van der Waals surface area contributed by atoms with E-state index >= 15 is 0 Å². The summed E-state index contributed by atoms with van der Waals surface area (Å²) in [6, 6.07) is 2.14. The molecule has 0 aliphatic carbocycles. The average molecular weight is 287 g/mol. The number of rotatable bonds is 4. The topological polar surface area (TPSA) is 102 Å². The molecule has 1 aromatic carbocycles. The molecule has 0 aromatic heterocycles. The molecule has 0 fully saturated rings. The number of amides is 1. The second kappa shape index (κ2) is 6.40. The monoisotopic (exact) mass is 286 g/mol. The minimum atomic E-state index is -1.24. The molecular formula is C12H15ClN2O4. The largest absolute Gasteiger partial charge is 0.480 e. The summed E-state index contributed by atoms with van der Waals surface area (Å²) in [7, 11) is 0. The first-order valence-electron chi connectivity index (χ1n) is 5.50. The number of ether oxygens (including phenoxy) is 1. The van der Waals surface area contributed by atoms with Gasteiger partial charge >= 0.3 is 12.1 Å². The first kappa shape index (κ1) is 15.3. The van der Waals surface area contributed by atoms with Gasteiger partial charge in [-0.25, -0.2) is 4.79 Å². The van der Waals surface area contributed by atoms with E-state index in [2.05, 4.69) is 5.32 Å². The lowest BCUT2D eigenvalue weighted by atomic mass is 10.1. The van der Waals surface area contributed by atoms with Gasteiger partial charge in [0.25, 0.3) is 0 Å². The maximum atomic E-state index is 11.4. The molecule has 0 aliphatic rings. The fourth-order valence-electron chi connectivity index (χ4n) is 1.41. The maximum Gasteiger partial charge on any atom is 0.411 e. The Morgan fingerprint density at radius 3 is 2.42 bits per heavy atom. The van der Waals surface area contributed by atoms with Crippen molar-refractivity contribution < 1.29 is 19.4 Å². The van der Waals surface area contributed by atoms with E-state index in [0.29, 0.717) is 10.7 Å². The molecule has 0 bridgehead atoms. The van der Waals surface area contributed by atoms with Crippen LogP contribution in [0.3, 0.4) is 0 Å². The third-order valence-corrected chi connectivity index (χ3v) is 2.99. The molecule has 1 aromatic rings. The van der Waals surface area contributed by atoms with Crippen molar-refractivity contribution in [1.29, 1.82) is 0 Å². The van der Waals surface area contributed by atoms with E-state index < -0.39 is 24.7 Å². The van der Waals surface area contributed by atoms with Crippen molar-refractivity contribution in [3.05, 3.63) is 28.3 Å². The second-order valence-electron chi connectivity index (χ2n) is 4.09. The molecule has 104 valence electrons. The molecule has 1 unspecified atom stereocenters. The van der Waals surface area contributed by atoms with Crippen LogP contribution in [0.25, 0.3) is 0 Å². The van der Waals surface area contributed by atoms with Crippen molar-refractivity contribution in [3.63, 3.8) is 0 Å². The minimum absolute atomic E-state index is 0.396. The van der Waals surface area contributed by atoms with Crippen molar-refractivity contribution in [1.82, 2.24) is 0 Å². The zero-order valence-electron chi connectivity index (χ0n) is 10.6. The summed E-state index contributed by atoms with van der Waals surface area (Å²) in [4.78, 5) is 21.9. The summed E-state index contributed by atoms with van der Waals surface area (Å²) in [5, 5.41) is 11.6. The fraction of sp³-hybridized carbons (Fsp3) is 0.333. The van der Waals surface area contributed by atoms with Crippen LogP contribution in [0.15, 0.2) is 12.1 Å². The second-order valence-corrected chi connectivity index (χ2v) is 4.47. The van der Waals surface area contributed by atoms with Crippen molar-refractivity contribution in [3.8, 4) is 0 Å². The summed E-state index contributed by atoms with van der Waals surface area (Å²) in [5.74, 6) is -1.23. The summed E-state index contributed by atoms with van der Waals surface area (Å²) < 4.78 is 4.69. The zero-order valence-corrected chi connectivity index (χ0v) is 11.3. The Hall–Kier alpha value is -1.79. The molecule has 0 saturated carbocycles. The fourth-order valence-corrected chi connectivity index (χ4v) is 1.52. The van der Waals surface area contributed by atoms with Crippen LogP contribution in [0.1, 0.15) is 11.1 Å². The molecular weight excluding hydrogens is 272 g/mol. The number of carbonyl (C=O) groups excluding carboxylic acids is 1. The first-order chi connectivity index (χ1) is 8.81. The van der Waals surface area contributed by atoms with Crippen molar-refractivity contribution in [2.24, 2.45) is 5.73 Å². The van der Waals surface area contributed by atoms with Crippen LogP contribution < -0.4 is 11.1 Å². The Labute approximate surface area is 115 Å². The van der Waals surface area contributed by atoms with Gasteiger partial charge in [-0.3, -0.25) is 10.1 Å². The van der Waals surface area contributed by atoms with Gasteiger partial charge < -0.3 is 15.6 Å². The maximum absolute atomic E-state index is 11.4. The van der Waals surface area contributed by atoms with E-state index in [1.165, 1.54) is 0 Å². The van der Waals surface area contributed by atoms with Crippen LogP contribution in [0, 0.1) is 13.8 Å². The standard InChI is InChI=1S/C12H15ClN2O4/c1-6-3-8(4-7(2)10(6)13)15-12(18)19-5-9(14)11(16)17/h3-4,9H,5,14H2,1-2H3,(H,15,18)(H,16,17). The van der Waals surface area contributed by atoms with Crippen molar-refractivity contribution in [2.75, 3.05) is 11.9 Å². The number of aliphatic carboxylic acids is 1. The Kier molecular flexibility index (Phi) is 5.14. The minimum Gasteiger partial charge on any atom is -0.480 e. The van der Waals surface area contributed by atoms with E-state index in [1.54, 1.807) is 12.1 Å². The zero-order chi connectivity index (χ0) is 14.6. The molecule has 0 saturated heterocycles. The molecule has 1 amide bonds.